The highest BCUT2D eigenvalue weighted by molar-refractivity contribution is 5.93. The van der Waals surface area contributed by atoms with Crippen LogP contribution in [0.3, 0.4) is 0 Å². The topological polar surface area (TPSA) is 63.3 Å². The van der Waals surface area contributed by atoms with Crippen molar-refractivity contribution in [2.75, 3.05) is 5.73 Å². The Morgan fingerprint density at radius 1 is 1.17 bits per heavy atom. The Hall–Kier alpha value is -1.51. The molecule has 0 heterocycles. The number of hydrogen-bond donors (Lipinski definition) is 2. The van der Waals surface area contributed by atoms with E-state index in [1.54, 1.807) is 12.1 Å². The van der Waals surface area contributed by atoms with Gasteiger partial charge in [-0.3, -0.25) is 0 Å². The number of carbonyl (C=O) groups is 1. The highest BCUT2D eigenvalue weighted by Gasteiger charge is 2.07. The third kappa shape index (κ3) is 4.78. The summed E-state index contributed by atoms with van der Waals surface area (Å²) in [6.07, 6.45) is 8.56. The number of rotatable bonds is 8. The smallest absolute Gasteiger partial charge is 0.337 e. The predicted molar refractivity (Wildman–Crippen MR) is 74.9 cm³/mol. The van der Waals surface area contributed by atoms with Crippen LogP contribution in [0.1, 0.15) is 61.4 Å². The molecule has 0 unspecified atom stereocenters. The molecule has 1 aromatic rings. The molecule has 1 rings (SSSR count). The van der Waals surface area contributed by atoms with Crippen LogP contribution in [0.5, 0.6) is 0 Å². The summed E-state index contributed by atoms with van der Waals surface area (Å²) in [6.45, 7) is 2.22. The number of anilines is 1. The van der Waals surface area contributed by atoms with E-state index in [4.69, 9.17) is 10.8 Å². The van der Waals surface area contributed by atoms with Crippen molar-refractivity contribution in [1.82, 2.24) is 0 Å². The molecule has 3 heteroatoms. The van der Waals surface area contributed by atoms with Gasteiger partial charge in [-0.2, -0.15) is 0 Å². The van der Waals surface area contributed by atoms with E-state index in [0.717, 1.165) is 18.4 Å². The lowest BCUT2D eigenvalue weighted by Crippen LogP contribution is -2.02. The molecule has 0 bridgehead atoms. The lowest BCUT2D eigenvalue weighted by Gasteiger charge is -2.05. The number of nitrogens with two attached hydrogens (primary N) is 1. The van der Waals surface area contributed by atoms with Crippen LogP contribution in [-0.2, 0) is 6.42 Å². The van der Waals surface area contributed by atoms with Crippen molar-refractivity contribution in [3.05, 3.63) is 29.3 Å². The van der Waals surface area contributed by atoms with Crippen LogP contribution in [0, 0.1) is 0 Å². The molecule has 0 aromatic heterocycles. The molecule has 0 radical (unpaired) electrons. The summed E-state index contributed by atoms with van der Waals surface area (Å²) in [5, 5.41) is 8.87. The highest BCUT2D eigenvalue weighted by Crippen LogP contribution is 2.16. The SMILES string of the molecule is CCCCCCCCc1ccc(C(=O)O)c(N)c1. The predicted octanol–water partition coefficient (Wildman–Crippen LogP) is 3.87. The standard InChI is InChI=1S/C15H23NO2/c1-2-3-4-5-6-7-8-12-9-10-13(15(17)18)14(16)11-12/h9-11H,2-8,16H2,1H3,(H,17,18). The monoisotopic (exact) mass is 249 g/mol. The van der Waals surface area contributed by atoms with Gasteiger partial charge in [0.25, 0.3) is 0 Å². The third-order valence-electron chi connectivity index (χ3n) is 3.17. The van der Waals surface area contributed by atoms with Crippen LogP contribution in [-0.4, -0.2) is 11.1 Å². The zero-order chi connectivity index (χ0) is 13.4. The first-order valence-electron chi connectivity index (χ1n) is 6.77. The summed E-state index contributed by atoms with van der Waals surface area (Å²) in [5.74, 6) is -0.960. The van der Waals surface area contributed by atoms with Crippen molar-refractivity contribution in [1.29, 1.82) is 0 Å². The Morgan fingerprint density at radius 3 is 2.44 bits per heavy atom. The van der Waals surface area contributed by atoms with Gasteiger partial charge in [0.1, 0.15) is 0 Å². The minimum atomic E-state index is -0.960. The van der Waals surface area contributed by atoms with Crippen LogP contribution in [0.15, 0.2) is 18.2 Å². The molecule has 0 saturated carbocycles. The number of aromatic carboxylic acids is 1. The highest BCUT2D eigenvalue weighted by atomic mass is 16.4. The maximum absolute atomic E-state index is 10.8. The second-order valence-corrected chi connectivity index (χ2v) is 4.74. The van der Waals surface area contributed by atoms with Gasteiger partial charge in [-0.05, 0) is 30.5 Å². The number of nitrogen functional groups attached to an aromatic ring is 1. The molecule has 0 aliphatic heterocycles. The molecule has 0 saturated heterocycles. The van der Waals surface area contributed by atoms with E-state index >= 15 is 0 Å². The Bertz CT molecular complexity index is 388. The Kier molecular flexibility index (Phi) is 6.26. The third-order valence-corrected chi connectivity index (χ3v) is 3.17. The molecule has 0 atom stereocenters. The molecular formula is C15H23NO2. The van der Waals surface area contributed by atoms with E-state index in [1.165, 1.54) is 32.1 Å². The zero-order valence-electron chi connectivity index (χ0n) is 11.1. The molecule has 1 aromatic carbocycles. The Labute approximate surface area is 109 Å². The number of unbranched alkanes of at least 4 members (excludes halogenated alkanes) is 5. The summed E-state index contributed by atoms with van der Waals surface area (Å²) >= 11 is 0. The number of carboxylic acids is 1. The van der Waals surface area contributed by atoms with E-state index in [0.29, 0.717) is 5.69 Å². The Balaban J connectivity index is 2.35. The number of carboxylic acid groups (broad SMARTS) is 1. The fraction of sp³-hybridized carbons (Fsp3) is 0.533. The van der Waals surface area contributed by atoms with Crippen LogP contribution < -0.4 is 5.73 Å². The van der Waals surface area contributed by atoms with Crippen molar-refractivity contribution >= 4 is 11.7 Å². The summed E-state index contributed by atoms with van der Waals surface area (Å²) < 4.78 is 0. The first-order chi connectivity index (χ1) is 8.65. The molecule has 0 aliphatic carbocycles. The van der Waals surface area contributed by atoms with Crippen LogP contribution in [0.25, 0.3) is 0 Å². The van der Waals surface area contributed by atoms with Gasteiger partial charge in [0.05, 0.1) is 5.56 Å². The average Bonchev–Trinajstić information content (AvgIpc) is 2.33. The molecule has 0 fully saturated rings. The largest absolute Gasteiger partial charge is 0.478 e. The van der Waals surface area contributed by atoms with Gasteiger partial charge in [-0.1, -0.05) is 45.1 Å². The first-order valence-corrected chi connectivity index (χ1v) is 6.77. The van der Waals surface area contributed by atoms with Gasteiger partial charge in [-0.25, -0.2) is 4.79 Å². The molecule has 0 spiro atoms. The van der Waals surface area contributed by atoms with E-state index in [-0.39, 0.29) is 5.56 Å². The van der Waals surface area contributed by atoms with Gasteiger partial charge < -0.3 is 10.8 Å². The quantitative estimate of drug-likeness (QED) is 0.543. The van der Waals surface area contributed by atoms with Crippen molar-refractivity contribution in [2.45, 2.75) is 51.9 Å². The fourth-order valence-corrected chi connectivity index (χ4v) is 2.07. The molecule has 0 aliphatic rings. The summed E-state index contributed by atoms with van der Waals surface area (Å²) in [6, 6.07) is 5.26. The van der Waals surface area contributed by atoms with Gasteiger partial charge in [0, 0.05) is 5.69 Å². The summed E-state index contributed by atoms with van der Waals surface area (Å²) in [7, 11) is 0. The summed E-state index contributed by atoms with van der Waals surface area (Å²) in [5.41, 5.74) is 7.41. The van der Waals surface area contributed by atoms with Gasteiger partial charge >= 0.3 is 5.97 Å². The van der Waals surface area contributed by atoms with Crippen molar-refractivity contribution in [2.24, 2.45) is 0 Å². The van der Waals surface area contributed by atoms with E-state index in [2.05, 4.69) is 6.92 Å². The lowest BCUT2D eigenvalue weighted by molar-refractivity contribution is 0.0698. The minimum absolute atomic E-state index is 0.196. The molecular weight excluding hydrogens is 226 g/mol. The van der Waals surface area contributed by atoms with Crippen molar-refractivity contribution < 1.29 is 9.90 Å². The maximum atomic E-state index is 10.8. The normalized spacial score (nSPS) is 10.5. The van der Waals surface area contributed by atoms with E-state index in [9.17, 15) is 4.79 Å². The fourth-order valence-electron chi connectivity index (χ4n) is 2.07. The van der Waals surface area contributed by atoms with Gasteiger partial charge in [-0.15, -0.1) is 0 Å². The number of aryl methyl sites for hydroxylation is 1. The van der Waals surface area contributed by atoms with E-state index in [1.807, 2.05) is 6.07 Å². The number of hydrogen-bond acceptors (Lipinski definition) is 2. The van der Waals surface area contributed by atoms with Crippen LogP contribution in [0.2, 0.25) is 0 Å². The molecule has 18 heavy (non-hydrogen) atoms. The first kappa shape index (κ1) is 14.6. The average molecular weight is 249 g/mol. The second kappa shape index (κ2) is 7.75. The van der Waals surface area contributed by atoms with Gasteiger partial charge in [0.2, 0.25) is 0 Å². The Morgan fingerprint density at radius 2 is 1.83 bits per heavy atom. The minimum Gasteiger partial charge on any atom is -0.478 e. The zero-order valence-corrected chi connectivity index (χ0v) is 11.1. The summed E-state index contributed by atoms with van der Waals surface area (Å²) in [4.78, 5) is 10.8. The van der Waals surface area contributed by atoms with Crippen molar-refractivity contribution in [3.63, 3.8) is 0 Å². The molecule has 0 amide bonds. The molecule has 3 N–H and O–H groups in total. The van der Waals surface area contributed by atoms with Crippen LogP contribution in [0.4, 0.5) is 5.69 Å². The van der Waals surface area contributed by atoms with Gasteiger partial charge in [0.15, 0.2) is 0 Å². The van der Waals surface area contributed by atoms with Crippen molar-refractivity contribution in [3.8, 4) is 0 Å². The second-order valence-electron chi connectivity index (χ2n) is 4.74. The molecule has 100 valence electrons. The maximum Gasteiger partial charge on any atom is 0.337 e. The van der Waals surface area contributed by atoms with E-state index < -0.39 is 5.97 Å². The lowest BCUT2D eigenvalue weighted by atomic mass is 10.0. The molecule has 3 nitrogen and oxygen atoms in total. The van der Waals surface area contributed by atoms with Crippen LogP contribution >= 0.6 is 0 Å². The number of benzene rings is 1.